The molecule has 3 heteroatoms. The highest BCUT2D eigenvalue weighted by molar-refractivity contribution is 5.79. The second-order valence-corrected chi connectivity index (χ2v) is 5.74. The molecular weight excluding hydrogens is 190 g/mol. The van der Waals surface area contributed by atoms with E-state index >= 15 is 0 Å². The quantitative estimate of drug-likeness (QED) is 0.690. The van der Waals surface area contributed by atoms with Crippen molar-refractivity contribution in [3.63, 3.8) is 0 Å². The monoisotopic (exact) mass is 213 g/mol. The molecule has 0 fully saturated rings. The van der Waals surface area contributed by atoms with Crippen LogP contribution < -0.4 is 5.32 Å². The van der Waals surface area contributed by atoms with Crippen molar-refractivity contribution in [2.75, 3.05) is 6.54 Å². The molecule has 0 heterocycles. The summed E-state index contributed by atoms with van der Waals surface area (Å²) in [5.74, 6) is -0.898. The second-order valence-electron chi connectivity index (χ2n) is 5.74. The Morgan fingerprint density at radius 3 is 2.20 bits per heavy atom. The molecular formula is C12H23NO2. The predicted octanol–water partition coefficient (Wildman–Crippen LogP) is 2.43. The molecule has 0 aromatic carbocycles. The van der Waals surface area contributed by atoms with Gasteiger partial charge in [-0.15, -0.1) is 0 Å². The van der Waals surface area contributed by atoms with Gasteiger partial charge in [0, 0.05) is 18.2 Å². The van der Waals surface area contributed by atoms with E-state index in [1.807, 2.05) is 0 Å². The van der Waals surface area contributed by atoms with E-state index in [9.17, 15) is 4.79 Å². The molecule has 0 aliphatic heterocycles. The molecule has 0 bridgehead atoms. The molecule has 88 valence electrons. The number of rotatable bonds is 5. The van der Waals surface area contributed by atoms with E-state index in [0.717, 1.165) is 6.42 Å². The van der Waals surface area contributed by atoms with Gasteiger partial charge in [0.25, 0.3) is 0 Å². The summed E-state index contributed by atoms with van der Waals surface area (Å²) in [5, 5.41) is 11.7. The van der Waals surface area contributed by atoms with Crippen LogP contribution in [0.3, 0.4) is 0 Å². The number of aliphatic carboxylic acids is 1. The highest BCUT2D eigenvalue weighted by Crippen LogP contribution is 2.26. The average molecular weight is 213 g/mol. The molecule has 0 aliphatic carbocycles. The summed E-state index contributed by atoms with van der Waals surface area (Å²) in [6, 6.07) is 0. The minimum atomic E-state index is -0.898. The highest BCUT2D eigenvalue weighted by atomic mass is 16.4. The van der Waals surface area contributed by atoms with Crippen LogP contribution in [0, 0.1) is 5.41 Å². The van der Waals surface area contributed by atoms with E-state index in [2.05, 4.69) is 39.9 Å². The Hall–Kier alpha value is -0.830. The third-order valence-corrected chi connectivity index (χ3v) is 1.93. The summed E-state index contributed by atoms with van der Waals surface area (Å²) < 4.78 is 0. The first-order valence-electron chi connectivity index (χ1n) is 5.27. The maximum absolute atomic E-state index is 10.2. The Bertz CT molecular complexity index is 236. The maximum atomic E-state index is 10.2. The van der Waals surface area contributed by atoms with Crippen LogP contribution in [0.25, 0.3) is 0 Å². The minimum Gasteiger partial charge on any atom is -0.478 e. The first-order valence-corrected chi connectivity index (χ1v) is 5.27. The van der Waals surface area contributed by atoms with E-state index < -0.39 is 5.97 Å². The molecule has 0 aromatic rings. The van der Waals surface area contributed by atoms with Gasteiger partial charge in [0.2, 0.25) is 0 Å². The van der Waals surface area contributed by atoms with Crippen LogP contribution in [-0.4, -0.2) is 23.2 Å². The van der Waals surface area contributed by atoms with Crippen LogP contribution in [0.5, 0.6) is 0 Å². The topological polar surface area (TPSA) is 49.3 Å². The van der Waals surface area contributed by atoms with E-state index in [1.165, 1.54) is 6.08 Å². The molecule has 0 aromatic heterocycles. The number of hydrogen-bond acceptors (Lipinski definition) is 2. The second kappa shape index (κ2) is 5.31. The Balaban J connectivity index is 3.99. The smallest absolute Gasteiger partial charge is 0.328 e. The molecule has 0 unspecified atom stereocenters. The zero-order valence-corrected chi connectivity index (χ0v) is 10.4. The SMILES string of the molecule is CC(C)(C)CC(C)(C)NC/C=C/C(=O)O. The molecule has 2 N–H and O–H groups in total. The highest BCUT2D eigenvalue weighted by Gasteiger charge is 2.24. The molecule has 0 spiro atoms. The number of carbonyl (C=O) groups is 1. The summed E-state index contributed by atoms with van der Waals surface area (Å²) in [5.41, 5.74) is 0.300. The van der Waals surface area contributed by atoms with Crippen LogP contribution in [0.1, 0.15) is 41.0 Å². The summed E-state index contributed by atoms with van der Waals surface area (Å²) >= 11 is 0. The zero-order valence-electron chi connectivity index (χ0n) is 10.4. The van der Waals surface area contributed by atoms with Crippen molar-refractivity contribution in [3.05, 3.63) is 12.2 Å². The van der Waals surface area contributed by atoms with Gasteiger partial charge in [0.1, 0.15) is 0 Å². The van der Waals surface area contributed by atoms with Crippen molar-refractivity contribution >= 4 is 5.97 Å². The molecule has 0 saturated heterocycles. The van der Waals surface area contributed by atoms with Gasteiger partial charge < -0.3 is 10.4 Å². The Kier molecular flexibility index (Phi) is 5.01. The molecule has 0 rings (SSSR count). The number of hydrogen-bond donors (Lipinski definition) is 2. The average Bonchev–Trinajstić information content (AvgIpc) is 1.93. The van der Waals surface area contributed by atoms with Crippen LogP contribution in [0.2, 0.25) is 0 Å². The lowest BCUT2D eigenvalue weighted by atomic mass is 9.82. The van der Waals surface area contributed by atoms with Gasteiger partial charge >= 0.3 is 5.97 Å². The van der Waals surface area contributed by atoms with Crippen molar-refractivity contribution < 1.29 is 9.90 Å². The Morgan fingerprint density at radius 2 is 1.80 bits per heavy atom. The van der Waals surface area contributed by atoms with E-state index in [1.54, 1.807) is 6.08 Å². The van der Waals surface area contributed by atoms with E-state index in [-0.39, 0.29) is 11.0 Å². The summed E-state index contributed by atoms with van der Waals surface area (Å²) in [6.07, 6.45) is 3.84. The standard InChI is InChI=1S/C12H23NO2/c1-11(2,3)9-12(4,5)13-8-6-7-10(14)15/h6-7,13H,8-9H2,1-5H3,(H,14,15)/b7-6+. The van der Waals surface area contributed by atoms with Crippen LogP contribution >= 0.6 is 0 Å². The van der Waals surface area contributed by atoms with Gasteiger partial charge in [0.15, 0.2) is 0 Å². The summed E-state index contributed by atoms with van der Waals surface area (Å²) in [4.78, 5) is 10.2. The molecule has 0 aliphatic rings. The summed E-state index contributed by atoms with van der Waals surface area (Å²) in [6.45, 7) is 11.5. The molecule has 0 amide bonds. The number of nitrogens with one attached hydrogen (secondary N) is 1. The number of carboxylic acid groups (broad SMARTS) is 1. The largest absolute Gasteiger partial charge is 0.478 e. The van der Waals surface area contributed by atoms with Gasteiger partial charge in [0.05, 0.1) is 0 Å². The fraction of sp³-hybridized carbons (Fsp3) is 0.750. The normalized spacial score (nSPS) is 13.4. The Labute approximate surface area is 92.6 Å². The van der Waals surface area contributed by atoms with E-state index in [4.69, 9.17) is 5.11 Å². The van der Waals surface area contributed by atoms with Crippen LogP contribution in [0.15, 0.2) is 12.2 Å². The maximum Gasteiger partial charge on any atom is 0.328 e. The van der Waals surface area contributed by atoms with Crippen molar-refractivity contribution in [1.29, 1.82) is 0 Å². The summed E-state index contributed by atoms with van der Waals surface area (Å²) in [7, 11) is 0. The van der Waals surface area contributed by atoms with Gasteiger partial charge in [-0.2, -0.15) is 0 Å². The fourth-order valence-corrected chi connectivity index (χ4v) is 1.88. The molecule has 0 atom stereocenters. The first kappa shape index (κ1) is 14.2. The molecule has 0 saturated carbocycles. The van der Waals surface area contributed by atoms with Gasteiger partial charge in [-0.05, 0) is 25.7 Å². The van der Waals surface area contributed by atoms with E-state index in [0.29, 0.717) is 6.54 Å². The fourth-order valence-electron chi connectivity index (χ4n) is 1.88. The minimum absolute atomic E-state index is 0.0289. The predicted molar refractivity (Wildman–Crippen MR) is 62.9 cm³/mol. The first-order chi connectivity index (χ1) is 6.62. The number of carboxylic acids is 1. The van der Waals surface area contributed by atoms with Gasteiger partial charge in [-0.3, -0.25) is 0 Å². The molecule has 0 radical (unpaired) electrons. The Morgan fingerprint density at radius 1 is 1.27 bits per heavy atom. The zero-order chi connectivity index (χ0) is 12.1. The van der Waals surface area contributed by atoms with Crippen LogP contribution in [0.4, 0.5) is 0 Å². The van der Waals surface area contributed by atoms with Gasteiger partial charge in [-0.25, -0.2) is 4.79 Å². The molecule has 3 nitrogen and oxygen atoms in total. The third kappa shape index (κ3) is 9.47. The van der Waals surface area contributed by atoms with Crippen molar-refractivity contribution in [3.8, 4) is 0 Å². The lowest BCUT2D eigenvalue weighted by Crippen LogP contribution is -2.42. The van der Waals surface area contributed by atoms with Gasteiger partial charge in [-0.1, -0.05) is 26.8 Å². The van der Waals surface area contributed by atoms with Crippen molar-refractivity contribution in [2.45, 2.75) is 46.6 Å². The van der Waals surface area contributed by atoms with Crippen molar-refractivity contribution in [2.24, 2.45) is 5.41 Å². The van der Waals surface area contributed by atoms with Crippen molar-refractivity contribution in [1.82, 2.24) is 5.32 Å². The van der Waals surface area contributed by atoms with Crippen LogP contribution in [-0.2, 0) is 4.79 Å². The lowest BCUT2D eigenvalue weighted by molar-refractivity contribution is -0.131. The lowest BCUT2D eigenvalue weighted by Gasteiger charge is -2.33. The third-order valence-electron chi connectivity index (χ3n) is 1.93. The molecule has 15 heavy (non-hydrogen) atoms.